The molecule has 0 bridgehead atoms. The van der Waals surface area contributed by atoms with E-state index in [9.17, 15) is 13.2 Å². The van der Waals surface area contributed by atoms with Crippen molar-refractivity contribution in [3.8, 4) is 0 Å². The van der Waals surface area contributed by atoms with Crippen LogP contribution < -0.4 is 0 Å². The molecule has 4 heteroatoms. The zero-order valence-electron chi connectivity index (χ0n) is 19.0. The number of aryl methyl sites for hydroxylation is 1. The van der Waals surface area contributed by atoms with Gasteiger partial charge in [0.25, 0.3) is 0 Å². The molecule has 0 spiro atoms. The van der Waals surface area contributed by atoms with Crippen LogP contribution in [-0.2, 0) is 17.3 Å². The van der Waals surface area contributed by atoms with E-state index in [-0.39, 0.29) is 11.4 Å². The molecule has 0 saturated heterocycles. The Morgan fingerprint density at radius 1 is 0.968 bits per heavy atom. The van der Waals surface area contributed by atoms with Crippen LogP contribution in [0.3, 0.4) is 0 Å². The van der Waals surface area contributed by atoms with E-state index < -0.39 is 12.2 Å². The predicted octanol–water partition coefficient (Wildman–Crippen LogP) is 8.68. The Kier molecular flexibility index (Phi) is 8.21. The maximum Gasteiger partial charge on any atom is 0.383 e. The summed E-state index contributed by atoms with van der Waals surface area (Å²) < 4.78 is 48.9. The summed E-state index contributed by atoms with van der Waals surface area (Å²) >= 11 is 0. The quantitative estimate of drug-likeness (QED) is 0.385. The van der Waals surface area contributed by atoms with Crippen LogP contribution >= 0.6 is 0 Å². The predicted molar refractivity (Wildman–Crippen MR) is 120 cm³/mol. The number of hydrogen-bond donors (Lipinski definition) is 0. The first-order chi connectivity index (χ1) is 14.8. The van der Waals surface area contributed by atoms with Gasteiger partial charge < -0.3 is 4.74 Å². The highest BCUT2D eigenvalue weighted by molar-refractivity contribution is 5.29. The van der Waals surface area contributed by atoms with Crippen molar-refractivity contribution in [2.24, 2.45) is 5.92 Å². The van der Waals surface area contributed by atoms with Crippen molar-refractivity contribution in [3.05, 3.63) is 70.5 Å². The first-order valence-corrected chi connectivity index (χ1v) is 11.8. The summed E-state index contributed by atoms with van der Waals surface area (Å²) in [6.07, 6.45) is 4.34. The van der Waals surface area contributed by atoms with Gasteiger partial charge in [-0.3, -0.25) is 0 Å². The summed E-state index contributed by atoms with van der Waals surface area (Å²) in [5.41, 5.74) is 1.99. The van der Waals surface area contributed by atoms with E-state index in [1.54, 1.807) is 12.1 Å². The summed E-state index contributed by atoms with van der Waals surface area (Å²) in [4.78, 5) is 0. The van der Waals surface area contributed by atoms with Crippen LogP contribution in [0.2, 0.25) is 0 Å². The molecular weight excluding hydrogens is 397 g/mol. The maximum atomic E-state index is 14.8. The fourth-order valence-corrected chi connectivity index (χ4v) is 4.79. The van der Waals surface area contributed by atoms with Crippen LogP contribution in [0.1, 0.15) is 100.0 Å². The second kappa shape index (κ2) is 10.7. The molecular formula is C27H35F3O. The van der Waals surface area contributed by atoms with Gasteiger partial charge in [-0.15, -0.1) is 0 Å². The molecule has 1 aliphatic rings. The minimum Gasteiger partial charge on any atom is -0.309 e. The summed E-state index contributed by atoms with van der Waals surface area (Å²) in [6.45, 7) is 5.74. The SMILES string of the molecule is CCCc1ccc(C(C)OC(F)(F)c2ccc(C3CCC(CCC)CC3)cc2)cc1F. The van der Waals surface area contributed by atoms with Crippen LogP contribution in [0.5, 0.6) is 0 Å². The fourth-order valence-electron chi connectivity index (χ4n) is 4.79. The molecule has 31 heavy (non-hydrogen) atoms. The molecule has 1 atom stereocenters. The number of rotatable bonds is 9. The lowest BCUT2D eigenvalue weighted by Gasteiger charge is -2.29. The molecule has 0 N–H and O–H groups in total. The smallest absolute Gasteiger partial charge is 0.309 e. The Morgan fingerprint density at radius 3 is 2.23 bits per heavy atom. The molecule has 1 aliphatic carbocycles. The highest BCUT2D eigenvalue weighted by Gasteiger charge is 2.35. The Labute approximate surface area is 185 Å². The number of ether oxygens (including phenoxy) is 1. The molecule has 3 rings (SSSR count). The molecule has 2 aromatic rings. The van der Waals surface area contributed by atoms with Crippen LogP contribution in [0, 0.1) is 11.7 Å². The summed E-state index contributed by atoms with van der Waals surface area (Å²) in [5.74, 6) is 0.914. The summed E-state index contributed by atoms with van der Waals surface area (Å²) in [6, 6.07) is 11.2. The van der Waals surface area contributed by atoms with Gasteiger partial charge in [0.05, 0.1) is 11.7 Å². The molecule has 0 amide bonds. The van der Waals surface area contributed by atoms with Crippen LogP contribution in [-0.4, -0.2) is 0 Å². The molecule has 0 aliphatic heterocycles. The zero-order chi connectivity index (χ0) is 22.4. The first-order valence-electron chi connectivity index (χ1n) is 11.8. The molecule has 0 radical (unpaired) electrons. The third-order valence-corrected chi connectivity index (χ3v) is 6.65. The second-order valence-electron chi connectivity index (χ2n) is 9.01. The Hall–Kier alpha value is -1.81. The van der Waals surface area contributed by atoms with Gasteiger partial charge in [0.1, 0.15) is 5.82 Å². The van der Waals surface area contributed by atoms with Crippen LogP contribution in [0.25, 0.3) is 0 Å². The second-order valence-corrected chi connectivity index (χ2v) is 9.01. The van der Waals surface area contributed by atoms with Crippen molar-refractivity contribution in [1.29, 1.82) is 0 Å². The van der Waals surface area contributed by atoms with Gasteiger partial charge in [-0.05, 0) is 73.6 Å². The van der Waals surface area contributed by atoms with Crippen molar-refractivity contribution < 1.29 is 17.9 Å². The Balaban J connectivity index is 1.63. The van der Waals surface area contributed by atoms with Crippen molar-refractivity contribution in [1.82, 2.24) is 0 Å². The van der Waals surface area contributed by atoms with E-state index in [0.29, 0.717) is 23.5 Å². The van der Waals surface area contributed by atoms with E-state index in [0.717, 1.165) is 30.7 Å². The third kappa shape index (κ3) is 6.12. The van der Waals surface area contributed by atoms with Gasteiger partial charge in [-0.25, -0.2) is 4.39 Å². The molecule has 1 unspecified atom stereocenters. The van der Waals surface area contributed by atoms with E-state index in [4.69, 9.17) is 4.74 Å². The van der Waals surface area contributed by atoms with Gasteiger partial charge >= 0.3 is 6.11 Å². The van der Waals surface area contributed by atoms with Crippen LogP contribution in [0.4, 0.5) is 13.2 Å². The monoisotopic (exact) mass is 432 g/mol. The third-order valence-electron chi connectivity index (χ3n) is 6.65. The summed E-state index contributed by atoms with van der Waals surface area (Å²) in [7, 11) is 0. The number of hydrogen-bond acceptors (Lipinski definition) is 1. The van der Waals surface area contributed by atoms with E-state index >= 15 is 0 Å². The molecule has 1 nitrogen and oxygen atoms in total. The number of alkyl halides is 2. The minimum atomic E-state index is -3.44. The van der Waals surface area contributed by atoms with Crippen molar-refractivity contribution in [2.75, 3.05) is 0 Å². The molecule has 1 fully saturated rings. The molecule has 2 aromatic carbocycles. The first kappa shape index (κ1) is 23.8. The topological polar surface area (TPSA) is 9.23 Å². The lowest BCUT2D eigenvalue weighted by molar-refractivity contribution is -0.272. The molecule has 0 heterocycles. The normalized spacial score (nSPS) is 20.6. The Bertz CT molecular complexity index is 823. The van der Waals surface area contributed by atoms with Gasteiger partial charge in [-0.1, -0.05) is 69.5 Å². The lowest BCUT2D eigenvalue weighted by Crippen LogP contribution is -2.21. The average Bonchev–Trinajstić information content (AvgIpc) is 2.76. The number of halogens is 3. The average molecular weight is 433 g/mol. The minimum absolute atomic E-state index is 0.161. The summed E-state index contributed by atoms with van der Waals surface area (Å²) in [5, 5.41) is 0. The molecule has 1 saturated carbocycles. The highest BCUT2D eigenvalue weighted by Crippen LogP contribution is 2.39. The van der Waals surface area contributed by atoms with E-state index in [1.807, 2.05) is 19.1 Å². The van der Waals surface area contributed by atoms with Crippen molar-refractivity contribution >= 4 is 0 Å². The highest BCUT2D eigenvalue weighted by atomic mass is 19.3. The van der Waals surface area contributed by atoms with Gasteiger partial charge in [-0.2, -0.15) is 8.78 Å². The Morgan fingerprint density at radius 2 is 1.65 bits per heavy atom. The lowest BCUT2D eigenvalue weighted by atomic mass is 9.77. The van der Waals surface area contributed by atoms with Gasteiger partial charge in [0.15, 0.2) is 0 Å². The van der Waals surface area contributed by atoms with Crippen molar-refractivity contribution in [2.45, 2.75) is 90.3 Å². The largest absolute Gasteiger partial charge is 0.383 e. The number of benzene rings is 2. The van der Waals surface area contributed by atoms with Gasteiger partial charge in [0.2, 0.25) is 0 Å². The van der Waals surface area contributed by atoms with E-state index in [2.05, 4.69) is 6.92 Å². The standard InChI is InChI=1S/C27H35F3O/c1-4-6-20-8-10-21(11-9-20)22-14-16-25(17-15-22)27(29,30)31-19(3)24-13-12-23(7-5-2)26(28)18-24/h12-21H,4-11H2,1-3H3. The molecule has 0 aromatic heterocycles. The molecule has 170 valence electrons. The van der Waals surface area contributed by atoms with Crippen LogP contribution in [0.15, 0.2) is 42.5 Å². The van der Waals surface area contributed by atoms with Crippen molar-refractivity contribution in [3.63, 3.8) is 0 Å². The maximum absolute atomic E-state index is 14.8. The van der Waals surface area contributed by atoms with Gasteiger partial charge in [0, 0.05) is 0 Å². The van der Waals surface area contributed by atoms with E-state index in [1.165, 1.54) is 50.8 Å². The fraction of sp³-hybridized carbons (Fsp3) is 0.556. The zero-order valence-corrected chi connectivity index (χ0v) is 19.0.